The van der Waals surface area contributed by atoms with E-state index in [0.717, 1.165) is 30.4 Å². The highest BCUT2D eigenvalue weighted by Crippen LogP contribution is 2.22. The number of rotatable bonds is 9. The molecule has 2 aromatic carbocycles. The standard InChI is InChI=1S/C23H29NO4/c1-5-6-7-15-27-23(26)19-11-13-20(14-12-19)24-22(25)18(4)28-21-10-8-9-16(2)17(21)3/h8-14,18H,5-7,15H2,1-4H3,(H,24,25). The van der Waals surface area contributed by atoms with E-state index in [1.54, 1.807) is 31.2 Å². The van der Waals surface area contributed by atoms with Gasteiger partial charge in [0.15, 0.2) is 6.10 Å². The van der Waals surface area contributed by atoms with Crippen molar-refractivity contribution in [2.75, 3.05) is 11.9 Å². The van der Waals surface area contributed by atoms with E-state index in [-0.39, 0.29) is 11.9 Å². The molecule has 1 unspecified atom stereocenters. The molecule has 0 aliphatic heterocycles. The fraction of sp³-hybridized carbons (Fsp3) is 0.391. The molecule has 5 heteroatoms. The van der Waals surface area contributed by atoms with E-state index < -0.39 is 6.10 Å². The Morgan fingerprint density at radius 2 is 1.75 bits per heavy atom. The van der Waals surface area contributed by atoms with Crippen LogP contribution in [0, 0.1) is 13.8 Å². The van der Waals surface area contributed by atoms with Gasteiger partial charge in [0, 0.05) is 5.69 Å². The zero-order valence-electron chi connectivity index (χ0n) is 17.1. The molecule has 1 atom stereocenters. The van der Waals surface area contributed by atoms with E-state index in [4.69, 9.17) is 9.47 Å². The molecule has 0 aliphatic rings. The minimum absolute atomic E-state index is 0.254. The van der Waals surface area contributed by atoms with Crippen molar-refractivity contribution in [1.82, 2.24) is 0 Å². The number of esters is 1. The fourth-order valence-corrected chi connectivity index (χ4v) is 2.63. The van der Waals surface area contributed by atoms with Crippen molar-refractivity contribution in [3.05, 3.63) is 59.2 Å². The molecule has 150 valence electrons. The van der Waals surface area contributed by atoms with Crippen molar-refractivity contribution in [3.63, 3.8) is 0 Å². The van der Waals surface area contributed by atoms with E-state index in [2.05, 4.69) is 12.2 Å². The second-order valence-electron chi connectivity index (χ2n) is 6.87. The average Bonchev–Trinajstić information content (AvgIpc) is 2.69. The van der Waals surface area contributed by atoms with Crippen LogP contribution >= 0.6 is 0 Å². The van der Waals surface area contributed by atoms with Crippen LogP contribution in [0.2, 0.25) is 0 Å². The molecule has 0 radical (unpaired) electrons. The van der Waals surface area contributed by atoms with Gasteiger partial charge in [-0.15, -0.1) is 0 Å². The Labute approximate surface area is 167 Å². The lowest BCUT2D eigenvalue weighted by molar-refractivity contribution is -0.122. The summed E-state index contributed by atoms with van der Waals surface area (Å²) in [6.45, 7) is 8.21. The molecule has 2 rings (SSSR count). The summed E-state index contributed by atoms with van der Waals surface area (Å²) in [4.78, 5) is 24.4. The first-order valence-electron chi connectivity index (χ1n) is 9.73. The van der Waals surface area contributed by atoms with E-state index >= 15 is 0 Å². The molecule has 5 nitrogen and oxygen atoms in total. The zero-order chi connectivity index (χ0) is 20.5. The van der Waals surface area contributed by atoms with Crippen molar-refractivity contribution in [2.24, 2.45) is 0 Å². The van der Waals surface area contributed by atoms with Gasteiger partial charge in [0.25, 0.3) is 5.91 Å². The minimum Gasteiger partial charge on any atom is -0.481 e. The molecule has 1 N–H and O–H groups in total. The Morgan fingerprint density at radius 1 is 1.04 bits per heavy atom. The average molecular weight is 383 g/mol. The number of carbonyl (C=O) groups is 2. The Hall–Kier alpha value is -2.82. The predicted octanol–water partition coefficient (Wildman–Crippen LogP) is 5.06. The molecule has 0 spiro atoms. The number of unbranched alkanes of at least 4 members (excludes halogenated alkanes) is 2. The third kappa shape index (κ3) is 6.12. The maximum Gasteiger partial charge on any atom is 0.338 e. The minimum atomic E-state index is -0.649. The van der Waals surface area contributed by atoms with Crippen molar-refractivity contribution in [1.29, 1.82) is 0 Å². The van der Waals surface area contributed by atoms with Gasteiger partial charge in [-0.1, -0.05) is 31.9 Å². The highest BCUT2D eigenvalue weighted by atomic mass is 16.5. The highest BCUT2D eigenvalue weighted by Gasteiger charge is 2.16. The summed E-state index contributed by atoms with van der Waals surface area (Å²) >= 11 is 0. The van der Waals surface area contributed by atoms with E-state index in [1.807, 2.05) is 32.0 Å². The monoisotopic (exact) mass is 383 g/mol. The van der Waals surface area contributed by atoms with Gasteiger partial charge in [0.05, 0.1) is 12.2 Å². The topological polar surface area (TPSA) is 64.6 Å². The maximum absolute atomic E-state index is 12.4. The van der Waals surface area contributed by atoms with Gasteiger partial charge in [-0.3, -0.25) is 4.79 Å². The van der Waals surface area contributed by atoms with Crippen LogP contribution in [-0.4, -0.2) is 24.6 Å². The van der Waals surface area contributed by atoms with Crippen LogP contribution in [0.4, 0.5) is 5.69 Å². The normalized spacial score (nSPS) is 11.6. The molecule has 0 saturated carbocycles. The fourth-order valence-electron chi connectivity index (χ4n) is 2.63. The quantitative estimate of drug-likeness (QED) is 0.486. The molecule has 0 aliphatic carbocycles. The third-order valence-corrected chi connectivity index (χ3v) is 4.60. The second kappa shape index (κ2) is 10.5. The molecule has 1 amide bonds. The van der Waals surface area contributed by atoms with Gasteiger partial charge in [-0.05, 0) is 68.7 Å². The van der Waals surface area contributed by atoms with Crippen LogP contribution in [-0.2, 0) is 9.53 Å². The number of nitrogens with one attached hydrogen (secondary N) is 1. The number of hydrogen-bond acceptors (Lipinski definition) is 4. The van der Waals surface area contributed by atoms with E-state index in [0.29, 0.717) is 23.6 Å². The van der Waals surface area contributed by atoms with Gasteiger partial charge in [0.1, 0.15) is 5.75 Å². The number of amides is 1. The van der Waals surface area contributed by atoms with Crippen LogP contribution < -0.4 is 10.1 Å². The van der Waals surface area contributed by atoms with Crippen LogP contribution in [0.3, 0.4) is 0 Å². The van der Waals surface area contributed by atoms with Crippen molar-refractivity contribution < 1.29 is 19.1 Å². The predicted molar refractivity (Wildman–Crippen MR) is 111 cm³/mol. The second-order valence-corrected chi connectivity index (χ2v) is 6.87. The number of anilines is 1. The summed E-state index contributed by atoms with van der Waals surface area (Å²) < 4.78 is 11.0. The van der Waals surface area contributed by atoms with Gasteiger partial charge in [0.2, 0.25) is 0 Å². The first-order chi connectivity index (χ1) is 13.4. The first-order valence-corrected chi connectivity index (χ1v) is 9.73. The van der Waals surface area contributed by atoms with Gasteiger partial charge in [-0.2, -0.15) is 0 Å². The Bertz CT molecular complexity index is 799. The zero-order valence-corrected chi connectivity index (χ0v) is 17.1. The molecule has 0 aromatic heterocycles. The smallest absolute Gasteiger partial charge is 0.338 e. The largest absolute Gasteiger partial charge is 0.481 e. The van der Waals surface area contributed by atoms with Gasteiger partial charge < -0.3 is 14.8 Å². The summed E-state index contributed by atoms with van der Waals surface area (Å²) in [6.07, 6.45) is 2.34. The Kier molecular flexibility index (Phi) is 8.05. The van der Waals surface area contributed by atoms with Crippen LogP contribution in [0.25, 0.3) is 0 Å². The van der Waals surface area contributed by atoms with Gasteiger partial charge in [-0.25, -0.2) is 4.79 Å². The summed E-state index contributed by atoms with van der Waals surface area (Å²) in [5, 5.41) is 2.81. The highest BCUT2D eigenvalue weighted by molar-refractivity contribution is 5.95. The van der Waals surface area contributed by atoms with Crippen LogP contribution in [0.15, 0.2) is 42.5 Å². The molecular weight excluding hydrogens is 354 g/mol. The SMILES string of the molecule is CCCCCOC(=O)c1ccc(NC(=O)C(C)Oc2cccc(C)c2C)cc1. The molecule has 2 aromatic rings. The number of aryl methyl sites for hydroxylation is 1. The Balaban J connectivity index is 1.89. The van der Waals surface area contributed by atoms with E-state index in [9.17, 15) is 9.59 Å². The summed E-state index contributed by atoms with van der Waals surface area (Å²) in [6, 6.07) is 12.4. The number of ether oxygens (including phenoxy) is 2. The lowest BCUT2D eigenvalue weighted by Crippen LogP contribution is -2.30. The lowest BCUT2D eigenvalue weighted by atomic mass is 10.1. The first kappa shape index (κ1) is 21.5. The van der Waals surface area contributed by atoms with Crippen LogP contribution in [0.5, 0.6) is 5.75 Å². The molecule has 0 bridgehead atoms. The number of benzene rings is 2. The molecular formula is C23H29NO4. The number of hydrogen-bond donors (Lipinski definition) is 1. The number of carbonyl (C=O) groups excluding carboxylic acids is 2. The van der Waals surface area contributed by atoms with Crippen LogP contribution in [0.1, 0.15) is 54.6 Å². The lowest BCUT2D eigenvalue weighted by Gasteiger charge is -2.17. The molecule has 0 heterocycles. The summed E-state index contributed by atoms with van der Waals surface area (Å²) in [5.74, 6) is 0.0974. The maximum atomic E-state index is 12.4. The summed E-state index contributed by atoms with van der Waals surface area (Å²) in [5.41, 5.74) is 3.20. The van der Waals surface area contributed by atoms with Crippen molar-refractivity contribution >= 4 is 17.6 Å². The Morgan fingerprint density at radius 3 is 2.43 bits per heavy atom. The molecule has 28 heavy (non-hydrogen) atoms. The molecule has 0 saturated heterocycles. The van der Waals surface area contributed by atoms with E-state index in [1.165, 1.54) is 0 Å². The van der Waals surface area contributed by atoms with Crippen molar-refractivity contribution in [3.8, 4) is 5.75 Å². The molecule has 0 fully saturated rings. The van der Waals surface area contributed by atoms with Crippen molar-refractivity contribution in [2.45, 2.75) is 53.1 Å². The van der Waals surface area contributed by atoms with Gasteiger partial charge >= 0.3 is 5.97 Å². The third-order valence-electron chi connectivity index (χ3n) is 4.60. The summed E-state index contributed by atoms with van der Waals surface area (Å²) in [7, 11) is 0.